The van der Waals surface area contributed by atoms with Crippen LogP contribution in [0.5, 0.6) is 11.5 Å². The maximum absolute atomic E-state index is 10.5. The first kappa shape index (κ1) is 16.7. The van der Waals surface area contributed by atoms with Gasteiger partial charge in [0, 0.05) is 12.8 Å². The molecule has 1 aromatic heterocycles. The lowest BCUT2D eigenvalue weighted by atomic mass is 10.0. The Morgan fingerprint density at radius 2 is 2.21 bits per heavy atom. The molecule has 5 heteroatoms. The van der Waals surface area contributed by atoms with E-state index in [0.717, 1.165) is 25.0 Å². The number of benzene rings is 1. The van der Waals surface area contributed by atoms with E-state index in [1.54, 1.807) is 12.3 Å². The van der Waals surface area contributed by atoms with E-state index in [1.165, 1.54) is 0 Å². The number of pyridine rings is 1. The number of aliphatic hydroxyl groups is 1. The molecule has 128 valence electrons. The maximum atomic E-state index is 10.5. The molecule has 0 spiro atoms. The summed E-state index contributed by atoms with van der Waals surface area (Å²) in [5, 5.41) is 10.5. The first-order valence-corrected chi connectivity index (χ1v) is 8.38. The molecule has 1 aliphatic rings. The SMILES string of the molecule is CCCCOCC1COc2ccc(C(O)c3ccccn3)cc2O1. The van der Waals surface area contributed by atoms with Crippen molar-refractivity contribution in [3.05, 3.63) is 53.9 Å². The Morgan fingerprint density at radius 3 is 3.00 bits per heavy atom. The van der Waals surface area contributed by atoms with E-state index >= 15 is 0 Å². The first-order valence-electron chi connectivity index (χ1n) is 8.38. The van der Waals surface area contributed by atoms with Gasteiger partial charge in [0.25, 0.3) is 0 Å². The monoisotopic (exact) mass is 329 g/mol. The highest BCUT2D eigenvalue weighted by Crippen LogP contribution is 2.35. The largest absolute Gasteiger partial charge is 0.486 e. The number of hydrogen-bond acceptors (Lipinski definition) is 5. The zero-order valence-electron chi connectivity index (χ0n) is 13.9. The fraction of sp³-hybridized carbons (Fsp3) is 0.421. The van der Waals surface area contributed by atoms with Gasteiger partial charge in [-0.1, -0.05) is 25.5 Å². The van der Waals surface area contributed by atoms with Crippen molar-refractivity contribution in [1.82, 2.24) is 4.98 Å². The third-order valence-corrected chi connectivity index (χ3v) is 3.92. The van der Waals surface area contributed by atoms with Gasteiger partial charge >= 0.3 is 0 Å². The molecular weight excluding hydrogens is 306 g/mol. The normalized spacial score (nSPS) is 17.5. The van der Waals surface area contributed by atoms with Gasteiger partial charge in [-0.3, -0.25) is 4.98 Å². The van der Waals surface area contributed by atoms with Crippen LogP contribution in [0.3, 0.4) is 0 Å². The third kappa shape index (κ3) is 4.04. The molecule has 24 heavy (non-hydrogen) atoms. The number of aromatic nitrogens is 1. The van der Waals surface area contributed by atoms with Crippen LogP contribution in [0.4, 0.5) is 0 Å². The van der Waals surface area contributed by atoms with Crippen LogP contribution in [-0.4, -0.2) is 36.0 Å². The lowest BCUT2D eigenvalue weighted by Crippen LogP contribution is -2.33. The summed E-state index contributed by atoms with van der Waals surface area (Å²) in [6, 6.07) is 10.9. The van der Waals surface area contributed by atoms with E-state index in [1.807, 2.05) is 30.3 Å². The molecule has 0 bridgehead atoms. The van der Waals surface area contributed by atoms with E-state index in [2.05, 4.69) is 11.9 Å². The van der Waals surface area contributed by atoms with Gasteiger partial charge in [0.15, 0.2) is 17.6 Å². The molecule has 0 fully saturated rings. The Balaban J connectivity index is 1.67. The standard InChI is InChI=1S/C19H23NO4/c1-2-3-10-22-12-15-13-23-17-8-7-14(11-18(17)24-15)19(21)16-6-4-5-9-20-16/h4-9,11,15,19,21H,2-3,10,12-13H2,1H3. The van der Waals surface area contributed by atoms with Crippen LogP contribution in [0.15, 0.2) is 42.6 Å². The molecule has 0 saturated heterocycles. The van der Waals surface area contributed by atoms with Crippen LogP contribution in [-0.2, 0) is 4.74 Å². The van der Waals surface area contributed by atoms with Crippen molar-refractivity contribution < 1.29 is 19.3 Å². The minimum absolute atomic E-state index is 0.128. The minimum Gasteiger partial charge on any atom is -0.486 e. The Labute approximate surface area is 142 Å². The summed E-state index contributed by atoms with van der Waals surface area (Å²) in [7, 11) is 0. The summed E-state index contributed by atoms with van der Waals surface area (Å²) in [6.07, 6.45) is 2.91. The van der Waals surface area contributed by atoms with Crippen molar-refractivity contribution in [1.29, 1.82) is 0 Å². The fourth-order valence-corrected chi connectivity index (χ4v) is 2.55. The predicted molar refractivity (Wildman–Crippen MR) is 90.4 cm³/mol. The topological polar surface area (TPSA) is 60.8 Å². The lowest BCUT2D eigenvalue weighted by molar-refractivity contribution is 0.00792. The molecule has 2 aromatic rings. The maximum Gasteiger partial charge on any atom is 0.162 e. The zero-order valence-corrected chi connectivity index (χ0v) is 13.9. The molecule has 0 aliphatic carbocycles. The minimum atomic E-state index is -0.790. The summed E-state index contributed by atoms with van der Waals surface area (Å²) in [5.41, 5.74) is 1.33. The van der Waals surface area contributed by atoms with Crippen molar-refractivity contribution in [3.8, 4) is 11.5 Å². The van der Waals surface area contributed by atoms with Crippen molar-refractivity contribution in [2.24, 2.45) is 0 Å². The molecular formula is C19H23NO4. The average Bonchev–Trinajstić information content (AvgIpc) is 2.65. The number of fused-ring (bicyclic) bond motifs is 1. The predicted octanol–water partition coefficient (Wildman–Crippen LogP) is 3.12. The fourth-order valence-electron chi connectivity index (χ4n) is 2.55. The molecule has 2 heterocycles. The lowest BCUT2D eigenvalue weighted by Gasteiger charge is -2.27. The van der Waals surface area contributed by atoms with Crippen LogP contribution in [0.2, 0.25) is 0 Å². The first-order chi connectivity index (χ1) is 11.8. The number of hydrogen-bond donors (Lipinski definition) is 1. The summed E-state index contributed by atoms with van der Waals surface area (Å²) in [4.78, 5) is 4.20. The third-order valence-electron chi connectivity index (χ3n) is 3.92. The molecule has 0 saturated carbocycles. The summed E-state index contributed by atoms with van der Waals surface area (Å²) in [6.45, 7) is 3.85. The van der Waals surface area contributed by atoms with Crippen molar-refractivity contribution in [2.75, 3.05) is 19.8 Å². The number of unbranched alkanes of at least 4 members (excludes halogenated alkanes) is 1. The van der Waals surface area contributed by atoms with Gasteiger partial charge in [0.2, 0.25) is 0 Å². The summed E-state index contributed by atoms with van der Waals surface area (Å²) < 4.78 is 17.3. The number of aliphatic hydroxyl groups excluding tert-OH is 1. The van der Waals surface area contributed by atoms with Crippen LogP contribution < -0.4 is 9.47 Å². The second-order valence-corrected chi connectivity index (χ2v) is 5.84. The molecule has 1 aromatic carbocycles. The van der Waals surface area contributed by atoms with Gasteiger partial charge in [0.05, 0.1) is 12.3 Å². The van der Waals surface area contributed by atoms with Gasteiger partial charge in [0.1, 0.15) is 12.7 Å². The quantitative estimate of drug-likeness (QED) is 0.791. The molecule has 1 aliphatic heterocycles. The van der Waals surface area contributed by atoms with Crippen LogP contribution in [0, 0.1) is 0 Å². The Bertz CT molecular complexity index is 647. The highest BCUT2D eigenvalue weighted by molar-refractivity contribution is 5.45. The van der Waals surface area contributed by atoms with E-state index in [-0.39, 0.29) is 6.10 Å². The second-order valence-electron chi connectivity index (χ2n) is 5.84. The number of nitrogens with zero attached hydrogens (tertiary/aromatic N) is 1. The molecule has 5 nitrogen and oxygen atoms in total. The van der Waals surface area contributed by atoms with Crippen LogP contribution in [0.1, 0.15) is 37.1 Å². The zero-order chi connectivity index (χ0) is 16.8. The highest BCUT2D eigenvalue weighted by Gasteiger charge is 2.23. The average molecular weight is 329 g/mol. The Hall–Kier alpha value is -2.11. The molecule has 2 atom stereocenters. The Morgan fingerprint density at radius 1 is 1.29 bits per heavy atom. The second kappa shape index (κ2) is 8.13. The van der Waals surface area contributed by atoms with Gasteiger partial charge in [-0.25, -0.2) is 0 Å². The number of ether oxygens (including phenoxy) is 3. The summed E-state index contributed by atoms with van der Waals surface area (Å²) in [5.74, 6) is 1.33. The highest BCUT2D eigenvalue weighted by atomic mass is 16.6. The number of rotatable bonds is 7. The van der Waals surface area contributed by atoms with Crippen LogP contribution in [0.25, 0.3) is 0 Å². The molecule has 1 N–H and O–H groups in total. The van der Waals surface area contributed by atoms with Crippen molar-refractivity contribution >= 4 is 0 Å². The van der Waals surface area contributed by atoms with Gasteiger partial charge in [-0.2, -0.15) is 0 Å². The molecule has 0 radical (unpaired) electrons. The van der Waals surface area contributed by atoms with E-state index in [9.17, 15) is 5.11 Å². The van der Waals surface area contributed by atoms with Crippen LogP contribution >= 0.6 is 0 Å². The van der Waals surface area contributed by atoms with Crippen molar-refractivity contribution in [2.45, 2.75) is 32.0 Å². The van der Waals surface area contributed by atoms with Gasteiger partial charge < -0.3 is 19.3 Å². The van der Waals surface area contributed by atoms with Crippen molar-refractivity contribution in [3.63, 3.8) is 0 Å². The Kier molecular flexibility index (Phi) is 5.67. The van der Waals surface area contributed by atoms with E-state index in [4.69, 9.17) is 14.2 Å². The smallest absolute Gasteiger partial charge is 0.162 e. The van der Waals surface area contributed by atoms with E-state index < -0.39 is 6.10 Å². The summed E-state index contributed by atoms with van der Waals surface area (Å²) >= 11 is 0. The molecule has 2 unspecified atom stereocenters. The molecule has 0 amide bonds. The van der Waals surface area contributed by atoms with Gasteiger partial charge in [-0.05, 0) is 36.2 Å². The molecule has 3 rings (SSSR count). The van der Waals surface area contributed by atoms with E-state index in [0.29, 0.717) is 30.4 Å². The van der Waals surface area contributed by atoms with Gasteiger partial charge in [-0.15, -0.1) is 0 Å².